The van der Waals surface area contributed by atoms with Crippen molar-refractivity contribution >= 4 is 33.4 Å². The Bertz CT molecular complexity index is 619. The predicted molar refractivity (Wildman–Crippen MR) is 76.2 cm³/mol. The van der Waals surface area contributed by atoms with Crippen molar-refractivity contribution in [1.82, 2.24) is 4.98 Å². The zero-order valence-electron chi connectivity index (χ0n) is 9.77. The molecular weight excluding hydrogens is 332 g/mol. The van der Waals surface area contributed by atoms with E-state index < -0.39 is 5.91 Å². The number of rotatable bonds is 4. The van der Waals surface area contributed by atoms with Crippen LogP contribution in [-0.2, 0) is 6.61 Å². The second-order valence-corrected chi connectivity index (χ2v) is 4.91. The van der Waals surface area contributed by atoms with Crippen molar-refractivity contribution in [2.24, 2.45) is 5.73 Å². The largest absolute Gasteiger partial charge is 0.486 e. The van der Waals surface area contributed by atoms with Crippen LogP contribution in [0.5, 0.6) is 5.75 Å². The molecule has 0 atom stereocenters. The van der Waals surface area contributed by atoms with E-state index in [0.717, 1.165) is 5.56 Å². The van der Waals surface area contributed by atoms with Gasteiger partial charge in [-0.1, -0.05) is 17.7 Å². The Balaban J connectivity index is 2.12. The van der Waals surface area contributed by atoms with Crippen molar-refractivity contribution in [3.05, 3.63) is 57.3 Å². The minimum absolute atomic E-state index is 0.280. The summed E-state index contributed by atoms with van der Waals surface area (Å²) in [5.74, 6) is 0.113. The number of benzene rings is 1. The molecule has 1 aromatic heterocycles. The Labute approximate surface area is 123 Å². The Kier molecular flexibility index (Phi) is 4.39. The number of hydrogen-bond donors (Lipinski definition) is 1. The van der Waals surface area contributed by atoms with Gasteiger partial charge in [0, 0.05) is 22.3 Å². The Hall–Kier alpha value is -1.59. The van der Waals surface area contributed by atoms with Crippen molar-refractivity contribution in [2.75, 3.05) is 0 Å². The number of nitrogens with two attached hydrogens (primary N) is 1. The molecule has 0 bridgehead atoms. The standard InChI is InChI=1S/C13H10BrClN2O2/c14-12-11(2-1-5-17-12)19-7-9-4-3-8(13(16)18)6-10(9)15/h1-6H,7H2,(H2,16,18). The van der Waals surface area contributed by atoms with E-state index in [-0.39, 0.29) is 6.61 Å². The monoisotopic (exact) mass is 340 g/mol. The average Bonchev–Trinajstić information content (AvgIpc) is 2.39. The molecule has 1 aromatic carbocycles. The van der Waals surface area contributed by atoms with Gasteiger partial charge in [0.2, 0.25) is 5.91 Å². The van der Waals surface area contributed by atoms with Crippen LogP contribution in [0.2, 0.25) is 5.02 Å². The quantitative estimate of drug-likeness (QED) is 0.869. The van der Waals surface area contributed by atoms with Gasteiger partial charge < -0.3 is 10.5 Å². The van der Waals surface area contributed by atoms with Crippen molar-refractivity contribution in [1.29, 1.82) is 0 Å². The summed E-state index contributed by atoms with van der Waals surface area (Å²) in [6.45, 7) is 0.280. The van der Waals surface area contributed by atoms with Crippen molar-refractivity contribution in [3.63, 3.8) is 0 Å². The second kappa shape index (κ2) is 6.04. The zero-order chi connectivity index (χ0) is 13.8. The van der Waals surface area contributed by atoms with E-state index in [1.54, 1.807) is 30.5 Å². The molecule has 1 amide bonds. The van der Waals surface area contributed by atoms with Gasteiger partial charge in [-0.25, -0.2) is 4.98 Å². The first-order valence-corrected chi connectivity index (χ1v) is 6.56. The van der Waals surface area contributed by atoms with Gasteiger partial charge in [0.05, 0.1) is 0 Å². The molecule has 0 spiro atoms. The second-order valence-electron chi connectivity index (χ2n) is 3.75. The number of carbonyl (C=O) groups is 1. The third kappa shape index (κ3) is 3.45. The maximum absolute atomic E-state index is 11.0. The fourth-order valence-corrected chi connectivity index (χ4v) is 2.05. The fraction of sp³-hybridized carbons (Fsp3) is 0.0769. The number of primary amides is 1. The Morgan fingerprint density at radius 1 is 1.42 bits per heavy atom. The minimum atomic E-state index is -0.510. The highest BCUT2D eigenvalue weighted by atomic mass is 79.9. The lowest BCUT2D eigenvalue weighted by molar-refractivity contribution is 0.1000. The van der Waals surface area contributed by atoms with Gasteiger partial charge in [0.1, 0.15) is 11.2 Å². The van der Waals surface area contributed by atoms with Crippen LogP contribution in [0.1, 0.15) is 15.9 Å². The average molecular weight is 342 g/mol. The van der Waals surface area contributed by atoms with Gasteiger partial charge in [-0.05, 0) is 40.2 Å². The lowest BCUT2D eigenvalue weighted by Crippen LogP contribution is -2.11. The van der Waals surface area contributed by atoms with Crippen LogP contribution in [0.15, 0.2) is 41.1 Å². The van der Waals surface area contributed by atoms with Gasteiger partial charge in [-0.2, -0.15) is 0 Å². The molecule has 6 heteroatoms. The summed E-state index contributed by atoms with van der Waals surface area (Å²) in [6.07, 6.45) is 1.66. The van der Waals surface area contributed by atoms with E-state index >= 15 is 0 Å². The number of hydrogen-bond acceptors (Lipinski definition) is 3. The van der Waals surface area contributed by atoms with Crippen molar-refractivity contribution < 1.29 is 9.53 Å². The van der Waals surface area contributed by atoms with E-state index in [2.05, 4.69) is 20.9 Å². The number of amides is 1. The number of aromatic nitrogens is 1. The third-order valence-electron chi connectivity index (χ3n) is 2.45. The Morgan fingerprint density at radius 2 is 2.21 bits per heavy atom. The molecule has 0 unspecified atom stereocenters. The smallest absolute Gasteiger partial charge is 0.248 e. The van der Waals surface area contributed by atoms with Crippen LogP contribution in [-0.4, -0.2) is 10.9 Å². The van der Waals surface area contributed by atoms with E-state index in [1.807, 2.05) is 0 Å². The zero-order valence-corrected chi connectivity index (χ0v) is 12.1. The van der Waals surface area contributed by atoms with Gasteiger partial charge in [0.15, 0.2) is 5.75 Å². The number of halogens is 2. The summed E-state index contributed by atoms with van der Waals surface area (Å²) < 4.78 is 6.22. The van der Waals surface area contributed by atoms with Crippen LogP contribution in [0.3, 0.4) is 0 Å². The molecule has 0 fully saturated rings. The maximum atomic E-state index is 11.0. The summed E-state index contributed by atoms with van der Waals surface area (Å²) in [5.41, 5.74) is 6.31. The number of nitrogens with zero attached hydrogens (tertiary/aromatic N) is 1. The van der Waals surface area contributed by atoms with E-state index in [1.165, 1.54) is 6.07 Å². The molecule has 98 valence electrons. The van der Waals surface area contributed by atoms with E-state index in [4.69, 9.17) is 22.1 Å². The van der Waals surface area contributed by atoms with Gasteiger partial charge >= 0.3 is 0 Å². The molecule has 2 rings (SSSR count). The molecule has 2 N–H and O–H groups in total. The number of carbonyl (C=O) groups excluding carboxylic acids is 1. The van der Waals surface area contributed by atoms with Crippen LogP contribution < -0.4 is 10.5 Å². The van der Waals surface area contributed by atoms with Gasteiger partial charge in [-0.3, -0.25) is 4.79 Å². The van der Waals surface area contributed by atoms with Crippen LogP contribution in [0, 0.1) is 0 Å². The third-order valence-corrected chi connectivity index (χ3v) is 3.39. The van der Waals surface area contributed by atoms with Gasteiger partial charge in [0.25, 0.3) is 0 Å². The molecule has 2 aromatic rings. The van der Waals surface area contributed by atoms with Crippen LogP contribution >= 0.6 is 27.5 Å². The lowest BCUT2D eigenvalue weighted by atomic mass is 10.1. The van der Waals surface area contributed by atoms with E-state index in [0.29, 0.717) is 20.9 Å². The highest BCUT2D eigenvalue weighted by molar-refractivity contribution is 9.10. The molecule has 0 radical (unpaired) electrons. The molecular formula is C13H10BrClN2O2. The number of pyridine rings is 1. The molecule has 19 heavy (non-hydrogen) atoms. The van der Waals surface area contributed by atoms with Crippen molar-refractivity contribution in [3.8, 4) is 5.75 Å². The molecule has 4 nitrogen and oxygen atoms in total. The summed E-state index contributed by atoms with van der Waals surface area (Å²) in [5, 5.41) is 0.441. The Morgan fingerprint density at radius 3 is 2.84 bits per heavy atom. The maximum Gasteiger partial charge on any atom is 0.248 e. The van der Waals surface area contributed by atoms with Crippen LogP contribution in [0.25, 0.3) is 0 Å². The molecule has 0 aliphatic heterocycles. The lowest BCUT2D eigenvalue weighted by Gasteiger charge is -2.09. The SMILES string of the molecule is NC(=O)c1ccc(COc2cccnc2Br)c(Cl)c1. The summed E-state index contributed by atoms with van der Waals surface area (Å²) in [7, 11) is 0. The first kappa shape index (κ1) is 13.8. The van der Waals surface area contributed by atoms with E-state index in [9.17, 15) is 4.79 Å². The van der Waals surface area contributed by atoms with Crippen molar-refractivity contribution in [2.45, 2.75) is 6.61 Å². The summed E-state index contributed by atoms with van der Waals surface area (Å²) in [4.78, 5) is 15.1. The fourth-order valence-electron chi connectivity index (χ4n) is 1.45. The highest BCUT2D eigenvalue weighted by Crippen LogP contribution is 2.24. The minimum Gasteiger partial charge on any atom is -0.486 e. The summed E-state index contributed by atoms with van der Waals surface area (Å²) >= 11 is 9.35. The molecule has 0 saturated heterocycles. The molecule has 0 aliphatic carbocycles. The molecule has 1 heterocycles. The normalized spacial score (nSPS) is 10.2. The first-order valence-electron chi connectivity index (χ1n) is 5.39. The van der Waals surface area contributed by atoms with Gasteiger partial charge in [-0.15, -0.1) is 0 Å². The molecule has 0 aliphatic rings. The summed E-state index contributed by atoms with van der Waals surface area (Å²) in [6, 6.07) is 8.43. The highest BCUT2D eigenvalue weighted by Gasteiger charge is 2.07. The topological polar surface area (TPSA) is 65.2 Å². The van der Waals surface area contributed by atoms with Crippen LogP contribution in [0.4, 0.5) is 0 Å². The number of ether oxygens (including phenoxy) is 1. The molecule has 0 saturated carbocycles. The predicted octanol–water partition coefficient (Wildman–Crippen LogP) is 3.18. The first-order chi connectivity index (χ1) is 9.08.